The lowest BCUT2D eigenvalue weighted by molar-refractivity contribution is -0.134. The molecule has 1 aromatic carbocycles. The van der Waals surface area contributed by atoms with Gasteiger partial charge in [-0.3, -0.25) is 9.52 Å². The molecule has 0 amide bonds. The third kappa shape index (κ3) is 5.31. The van der Waals surface area contributed by atoms with Gasteiger partial charge in [0.1, 0.15) is 5.25 Å². The van der Waals surface area contributed by atoms with E-state index in [1.807, 2.05) is 20.8 Å². The quantitative estimate of drug-likeness (QED) is 0.482. The highest BCUT2D eigenvalue weighted by atomic mass is 35.5. The van der Waals surface area contributed by atoms with Gasteiger partial charge in [0.25, 0.3) is 0 Å². The summed E-state index contributed by atoms with van der Waals surface area (Å²) < 4.78 is 33.1. The van der Waals surface area contributed by atoms with Gasteiger partial charge in [0.15, 0.2) is 5.13 Å². The standard InChI is InChI=1S/C18H21ClN2O4S2/c1-5-7-16(22)25-15-10-26-18(20-15)21-27(23,24)14(6-2)13-8-11(3)17(19)12(4)9-13/h6,8-10,14H,2,5,7H2,1,3-4H3,(H,20,21). The number of carbonyl (C=O) groups is 1. The Morgan fingerprint density at radius 2 is 2.04 bits per heavy atom. The maximum absolute atomic E-state index is 12.8. The maximum atomic E-state index is 12.8. The molecule has 9 heteroatoms. The Bertz CT molecular complexity index is 931. The van der Waals surface area contributed by atoms with Crippen molar-refractivity contribution in [2.75, 3.05) is 4.72 Å². The minimum atomic E-state index is -3.85. The number of hydrogen-bond donors (Lipinski definition) is 1. The van der Waals surface area contributed by atoms with Crippen molar-refractivity contribution in [1.29, 1.82) is 0 Å². The van der Waals surface area contributed by atoms with Crippen molar-refractivity contribution in [3.63, 3.8) is 0 Å². The fourth-order valence-electron chi connectivity index (χ4n) is 2.50. The molecule has 2 rings (SSSR count). The highest BCUT2D eigenvalue weighted by molar-refractivity contribution is 7.93. The number of esters is 1. The van der Waals surface area contributed by atoms with E-state index in [-0.39, 0.29) is 17.4 Å². The molecule has 1 N–H and O–H groups in total. The summed E-state index contributed by atoms with van der Waals surface area (Å²) in [4.78, 5) is 15.5. The van der Waals surface area contributed by atoms with Crippen LogP contribution < -0.4 is 9.46 Å². The second kappa shape index (κ2) is 8.86. The van der Waals surface area contributed by atoms with E-state index in [1.54, 1.807) is 12.1 Å². The van der Waals surface area contributed by atoms with Crippen LogP contribution in [0.4, 0.5) is 5.13 Å². The van der Waals surface area contributed by atoms with E-state index in [9.17, 15) is 13.2 Å². The van der Waals surface area contributed by atoms with Gasteiger partial charge in [0.05, 0.1) is 5.38 Å². The number of ether oxygens (including phenoxy) is 1. The van der Waals surface area contributed by atoms with Crippen molar-refractivity contribution in [3.8, 4) is 5.88 Å². The van der Waals surface area contributed by atoms with Crippen molar-refractivity contribution < 1.29 is 17.9 Å². The van der Waals surface area contributed by atoms with Crippen LogP contribution in [0.2, 0.25) is 5.02 Å². The Morgan fingerprint density at radius 3 is 2.59 bits per heavy atom. The second-order valence-corrected chi connectivity index (χ2v) is 9.03. The number of nitrogens with zero attached hydrogens (tertiary/aromatic N) is 1. The summed E-state index contributed by atoms with van der Waals surface area (Å²) in [5, 5.41) is 1.21. The van der Waals surface area contributed by atoms with Gasteiger partial charge in [-0.05, 0) is 37.0 Å². The number of aryl methyl sites for hydroxylation is 2. The van der Waals surface area contributed by atoms with E-state index >= 15 is 0 Å². The van der Waals surface area contributed by atoms with Gasteiger partial charge in [-0.1, -0.05) is 36.7 Å². The van der Waals surface area contributed by atoms with E-state index in [4.69, 9.17) is 16.3 Å². The summed E-state index contributed by atoms with van der Waals surface area (Å²) in [6.45, 7) is 9.14. The number of rotatable bonds is 8. The number of carbonyl (C=O) groups excluding carboxylic acids is 1. The molecule has 0 aliphatic carbocycles. The first-order valence-electron chi connectivity index (χ1n) is 8.25. The van der Waals surface area contributed by atoms with Crippen molar-refractivity contribution in [1.82, 2.24) is 4.98 Å². The predicted octanol–water partition coefficient (Wildman–Crippen LogP) is 4.79. The summed E-state index contributed by atoms with van der Waals surface area (Å²) >= 11 is 7.20. The van der Waals surface area contributed by atoms with Gasteiger partial charge in [0.2, 0.25) is 15.9 Å². The second-order valence-electron chi connectivity index (χ2n) is 5.99. The van der Waals surface area contributed by atoms with Gasteiger partial charge < -0.3 is 4.74 Å². The van der Waals surface area contributed by atoms with Crippen LogP contribution in [-0.4, -0.2) is 19.4 Å². The number of halogens is 1. The molecule has 0 bridgehead atoms. The van der Waals surface area contributed by atoms with E-state index < -0.39 is 21.2 Å². The van der Waals surface area contributed by atoms with Crippen LogP contribution in [0.5, 0.6) is 5.88 Å². The predicted molar refractivity (Wildman–Crippen MR) is 109 cm³/mol. The molecule has 0 fully saturated rings. The number of benzene rings is 1. The third-order valence-corrected chi connectivity index (χ3v) is 6.79. The van der Waals surface area contributed by atoms with Crippen LogP contribution in [0.3, 0.4) is 0 Å². The normalized spacial score (nSPS) is 12.4. The van der Waals surface area contributed by atoms with Crippen LogP contribution in [0.15, 0.2) is 30.2 Å². The van der Waals surface area contributed by atoms with E-state index in [1.165, 1.54) is 11.5 Å². The van der Waals surface area contributed by atoms with Crippen LogP contribution in [-0.2, 0) is 14.8 Å². The number of aromatic nitrogens is 1. The Morgan fingerprint density at radius 1 is 1.41 bits per heavy atom. The van der Waals surface area contributed by atoms with Crippen LogP contribution in [0.1, 0.15) is 41.7 Å². The molecule has 0 saturated carbocycles. The zero-order valence-electron chi connectivity index (χ0n) is 15.3. The van der Waals surface area contributed by atoms with E-state index in [0.717, 1.165) is 22.5 Å². The summed E-state index contributed by atoms with van der Waals surface area (Å²) in [6.07, 6.45) is 2.27. The smallest absolute Gasteiger partial charge is 0.312 e. The Hall–Kier alpha value is -1.90. The number of hydrogen-bond acceptors (Lipinski definition) is 6. The molecule has 6 nitrogen and oxygen atoms in total. The highest BCUT2D eigenvalue weighted by Gasteiger charge is 2.26. The average molecular weight is 429 g/mol. The first-order valence-corrected chi connectivity index (χ1v) is 11.0. The zero-order chi connectivity index (χ0) is 20.2. The van der Waals surface area contributed by atoms with Crippen molar-refractivity contribution in [3.05, 3.63) is 51.9 Å². The first-order chi connectivity index (χ1) is 12.7. The highest BCUT2D eigenvalue weighted by Crippen LogP contribution is 2.32. The van der Waals surface area contributed by atoms with E-state index in [2.05, 4.69) is 16.3 Å². The van der Waals surface area contributed by atoms with Gasteiger partial charge in [-0.2, -0.15) is 4.98 Å². The minimum Gasteiger partial charge on any atom is -0.406 e. The average Bonchev–Trinajstić information content (AvgIpc) is 2.99. The Kier molecular flexibility index (Phi) is 7.02. The lowest BCUT2D eigenvalue weighted by Gasteiger charge is -2.16. The number of nitrogens with one attached hydrogen (secondary N) is 1. The molecule has 1 heterocycles. The lowest BCUT2D eigenvalue weighted by atomic mass is 10.0. The SMILES string of the molecule is C=CC(c1cc(C)c(Cl)c(C)c1)S(=O)(=O)Nc1nc(OC(=O)CCC)cs1. The maximum Gasteiger partial charge on any atom is 0.312 e. The molecule has 0 saturated heterocycles. The molecule has 2 aromatic rings. The topological polar surface area (TPSA) is 85.4 Å². The molecule has 1 atom stereocenters. The first kappa shape index (κ1) is 21.4. The van der Waals surface area contributed by atoms with Crippen LogP contribution in [0.25, 0.3) is 0 Å². The largest absolute Gasteiger partial charge is 0.406 e. The number of sulfonamides is 1. The molecule has 0 spiro atoms. The molecule has 0 aliphatic heterocycles. The van der Waals surface area contributed by atoms with Gasteiger partial charge >= 0.3 is 5.97 Å². The van der Waals surface area contributed by atoms with Crippen molar-refractivity contribution in [2.45, 2.75) is 38.9 Å². The molecule has 0 radical (unpaired) electrons. The fraction of sp³-hybridized carbons (Fsp3) is 0.333. The third-order valence-electron chi connectivity index (χ3n) is 3.72. The Balaban J connectivity index is 2.23. The summed E-state index contributed by atoms with van der Waals surface area (Å²) in [5.41, 5.74) is 2.13. The molecule has 1 aromatic heterocycles. The Labute approximate surface area is 168 Å². The summed E-state index contributed by atoms with van der Waals surface area (Å²) in [7, 11) is -3.85. The number of thiazole rings is 1. The summed E-state index contributed by atoms with van der Waals surface area (Å²) in [6, 6.07) is 3.45. The summed E-state index contributed by atoms with van der Waals surface area (Å²) in [5.74, 6) is -0.335. The fourth-order valence-corrected chi connectivity index (χ4v) is 4.77. The number of anilines is 1. The zero-order valence-corrected chi connectivity index (χ0v) is 17.7. The minimum absolute atomic E-state index is 0.0736. The van der Waals surface area contributed by atoms with Crippen molar-refractivity contribution in [2.24, 2.45) is 0 Å². The molecule has 27 heavy (non-hydrogen) atoms. The van der Waals surface area contributed by atoms with Gasteiger partial charge in [0, 0.05) is 11.4 Å². The monoisotopic (exact) mass is 428 g/mol. The molecular weight excluding hydrogens is 408 g/mol. The molecule has 1 unspecified atom stereocenters. The molecule has 146 valence electrons. The lowest BCUT2D eigenvalue weighted by Crippen LogP contribution is -2.20. The van der Waals surface area contributed by atoms with Gasteiger partial charge in [-0.15, -0.1) is 17.9 Å². The van der Waals surface area contributed by atoms with Crippen LogP contribution >= 0.6 is 22.9 Å². The molecular formula is C18H21ClN2O4S2. The van der Waals surface area contributed by atoms with E-state index in [0.29, 0.717) is 17.0 Å². The van der Waals surface area contributed by atoms with Gasteiger partial charge in [-0.25, -0.2) is 8.42 Å². The molecule has 0 aliphatic rings. The van der Waals surface area contributed by atoms with Crippen LogP contribution in [0, 0.1) is 13.8 Å². The van der Waals surface area contributed by atoms with Crippen molar-refractivity contribution >= 4 is 44.1 Å².